The molecule has 0 spiro atoms. The second kappa shape index (κ2) is 9.71. The van der Waals surface area contributed by atoms with Crippen LogP contribution in [0, 0.1) is 0 Å². The zero-order valence-electron chi connectivity index (χ0n) is 5.41. The lowest BCUT2D eigenvalue weighted by Crippen LogP contribution is -1.66. The van der Waals surface area contributed by atoms with Crippen molar-refractivity contribution < 1.29 is 14.4 Å². The van der Waals surface area contributed by atoms with Gasteiger partial charge in [-0.25, -0.2) is 0 Å². The summed E-state index contributed by atoms with van der Waals surface area (Å²) in [5.41, 5.74) is 0. The third-order valence-corrected chi connectivity index (χ3v) is 0.478. The number of aromatic nitrogens is 2. The van der Waals surface area contributed by atoms with Gasteiger partial charge < -0.3 is 9.79 Å². The Morgan fingerprint density at radius 2 is 1.18 bits per heavy atom. The Balaban J connectivity index is 0. The summed E-state index contributed by atoms with van der Waals surface area (Å²) >= 11 is 0. The molecule has 1 heterocycles. The van der Waals surface area contributed by atoms with Gasteiger partial charge in [0.15, 0.2) is 0 Å². The van der Waals surface area contributed by atoms with Gasteiger partial charge in [-0.1, -0.05) is 0 Å². The largest absolute Gasteiger partial charge is 0.326 e. The number of hydrogen-bond acceptors (Lipinski definition) is 3. The highest BCUT2D eigenvalue weighted by Gasteiger charge is 1.61. The van der Waals surface area contributed by atoms with E-state index >= 15 is 0 Å². The fourth-order valence-corrected chi connectivity index (χ4v) is 0.253. The van der Waals surface area contributed by atoms with Gasteiger partial charge in [-0.05, 0) is 0 Å². The summed E-state index contributed by atoms with van der Waals surface area (Å²) in [5.74, 6) is 0. The van der Waals surface area contributed by atoms with Crippen LogP contribution in [0.15, 0.2) is 24.8 Å². The van der Waals surface area contributed by atoms with Crippen LogP contribution in [0.1, 0.15) is 0 Å². The van der Waals surface area contributed by atoms with Gasteiger partial charge in [0.1, 0.15) is 0 Å². The standard InChI is InChI=1S/C4H4N2.BrH.H3O3P/c1-2-6-4-3-5-1;;1-4(2)3/h1-4H;1H;4H,(H2,1,2,3). The fraction of sp³-hybridized carbons (Fsp3) is 0. The Hall–Kier alpha value is -0.290. The highest BCUT2D eigenvalue weighted by atomic mass is 79.9. The molecule has 0 unspecified atom stereocenters. The van der Waals surface area contributed by atoms with Crippen LogP contribution in [0.25, 0.3) is 0 Å². The van der Waals surface area contributed by atoms with E-state index in [4.69, 9.17) is 14.4 Å². The third-order valence-electron chi connectivity index (χ3n) is 0.478. The van der Waals surface area contributed by atoms with Gasteiger partial charge in [0.05, 0.1) is 0 Å². The molecule has 0 bridgehead atoms. The molecule has 0 fully saturated rings. The monoisotopic (exact) mass is 242 g/mol. The first-order valence-corrected chi connectivity index (χ1v) is 3.65. The summed E-state index contributed by atoms with van der Waals surface area (Å²) in [6, 6.07) is 0. The Bertz CT molecular complexity index is 155. The van der Waals surface area contributed by atoms with E-state index in [0.717, 1.165) is 0 Å². The zero-order chi connectivity index (χ0) is 7.82. The SMILES string of the molecule is Br.O=[PH](O)O.c1cnccn1. The predicted octanol–water partition coefficient (Wildman–Crippen LogP) is 0.415. The normalized spacial score (nSPS) is 7.55. The Morgan fingerprint density at radius 3 is 1.27 bits per heavy atom. The van der Waals surface area contributed by atoms with Crippen molar-refractivity contribution in [3.8, 4) is 0 Å². The molecule has 0 saturated carbocycles. The van der Waals surface area contributed by atoms with Crippen LogP contribution < -0.4 is 0 Å². The fourth-order valence-electron chi connectivity index (χ4n) is 0.253. The first kappa shape index (κ1) is 13.3. The number of halogens is 1. The van der Waals surface area contributed by atoms with Crippen molar-refractivity contribution in [2.45, 2.75) is 0 Å². The Kier molecular flexibility index (Phi) is 11.7. The highest BCUT2D eigenvalue weighted by Crippen LogP contribution is 1.98. The summed E-state index contributed by atoms with van der Waals surface area (Å²) in [5, 5.41) is 0. The maximum absolute atomic E-state index is 8.74. The van der Waals surface area contributed by atoms with Gasteiger partial charge in [-0.3, -0.25) is 14.5 Å². The molecule has 1 rings (SSSR count). The first-order chi connectivity index (χ1) is 4.73. The molecule has 1 aromatic rings. The molecule has 64 valence electrons. The van der Waals surface area contributed by atoms with Crippen molar-refractivity contribution in [1.82, 2.24) is 9.97 Å². The molecule has 0 atom stereocenters. The molecule has 0 aliphatic carbocycles. The average Bonchev–Trinajstić information content (AvgIpc) is 1.90. The van der Waals surface area contributed by atoms with Crippen LogP contribution in [-0.4, -0.2) is 19.8 Å². The summed E-state index contributed by atoms with van der Waals surface area (Å²) in [4.78, 5) is 21.8. The summed E-state index contributed by atoms with van der Waals surface area (Å²) in [6.45, 7) is 0. The van der Waals surface area contributed by atoms with E-state index in [1.807, 2.05) is 0 Å². The Labute approximate surface area is 74.9 Å². The Morgan fingerprint density at radius 1 is 1.00 bits per heavy atom. The van der Waals surface area contributed by atoms with Crippen LogP contribution in [0.2, 0.25) is 0 Å². The molecule has 2 N–H and O–H groups in total. The minimum atomic E-state index is -3.13. The van der Waals surface area contributed by atoms with Crippen molar-refractivity contribution in [3.63, 3.8) is 0 Å². The molecule has 11 heavy (non-hydrogen) atoms. The molecule has 0 amide bonds. The molecule has 0 aliphatic heterocycles. The van der Waals surface area contributed by atoms with Gasteiger partial charge in [-0.15, -0.1) is 17.0 Å². The van der Waals surface area contributed by atoms with Crippen molar-refractivity contribution in [1.29, 1.82) is 0 Å². The predicted molar refractivity (Wildman–Crippen MR) is 45.8 cm³/mol. The van der Waals surface area contributed by atoms with E-state index < -0.39 is 8.25 Å². The lowest BCUT2D eigenvalue weighted by Gasteiger charge is -1.70. The molecule has 0 aromatic carbocycles. The lowest BCUT2D eigenvalue weighted by molar-refractivity contribution is 0.405. The van der Waals surface area contributed by atoms with Gasteiger partial charge >= 0.3 is 8.25 Å². The summed E-state index contributed by atoms with van der Waals surface area (Å²) < 4.78 is 8.74. The molecule has 5 nitrogen and oxygen atoms in total. The minimum Gasteiger partial charge on any atom is -0.326 e. The van der Waals surface area contributed by atoms with Crippen LogP contribution in [-0.2, 0) is 4.57 Å². The molecule has 7 heteroatoms. The van der Waals surface area contributed by atoms with Gasteiger partial charge in [0.25, 0.3) is 0 Å². The molecule has 0 aliphatic rings. The van der Waals surface area contributed by atoms with Crippen LogP contribution in [0.3, 0.4) is 0 Å². The van der Waals surface area contributed by atoms with Crippen molar-refractivity contribution in [2.24, 2.45) is 0 Å². The van der Waals surface area contributed by atoms with E-state index in [1.54, 1.807) is 24.8 Å². The number of nitrogens with zero attached hydrogens (tertiary/aromatic N) is 2. The van der Waals surface area contributed by atoms with E-state index in [1.165, 1.54) is 0 Å². The van der Waals surface area contributed by atoms with E-state index in [2.05, 4.69) is 9.97 Å². The summed E-state index contributed by atoms with van der Waals surface area (Å²) in [7, 11) is -3.13. The average molecular weight is 243 g/mol. The van der Waals surface area contributed by atoms with Crippen LogP contribution in [0.5, 0.6) is 0 Å². The van der Waals surface area contributed by atoms with E-state index in [-0.39, 0.29) is 17.0 Å². The van der Waals surface area contributed by atoms with Crippen LogP contribution in [0.4, 0.5) is 0 Å². The van der Waals surface area contributed by atoms with Gasteiger partial charge in [0.2, 0.25) is 0 Å². The van der Waals surface area contributed by atoms with E-state index in [9.17, 15) is 0 Å². The second-order valence-corrected chi connectivity index (χ2v) is 1.74. The molecular weight excluding hydrogens is 235 g/mol. The van der Waals surface area contributed by atoms with Crippen LogP contribution >= 0.6 is 25.2 Å². The van der Waals surface area contributed by atoms with Crippen molar-refractivity contribution in [2.75, 3.05) is 0 Å². The molecular formula is C4H8BrN2O3P. The number of rotatable bonds is 0. The number of hydrogen-bond donors (Lipinski definition) is 2. The smallest absolute Gasteiger partial charge is 0.314 e. The minimum absolute atomic E-state index is 0. The molecule has 0 radical (unpaired) electrons. The van der Waals surface area contributed by atoms with Crippen molar-refractivity contribution >= 4 is 25.2 Å². The lowest BCUT2D eigenvalue weighted by atomic mass is 10.8. The van der Waals surface area contributed by atoms with Gasteiger partial charge in [-0.2, -0.15) is 0 Å². The second-order valence-electron chi connectivity index (χ2n) is 1.18. The van der Waals surface area contributed by atoms with Gasteiger partial charge in [0, 0.05) is 24.8 Å². The maximum atomic E-state index is 8.74. The van der Waals surface area contributed by atoms with Crippen molar-refractivity contribution in [3.05, 3.63) is 24.8 Å². The molecule has 1 aromatic heterocycles. The maximum Gasteiger partial charge on any atom is 0.314 e. The highest BCUT2D eigenvalue weighted by molar-refractivity contribution is 8.93. The topological polar surface area (TPSA) is 83.3 Å². The zero-order valence-corrected chi connectivity index (χ0v) is 8.13. The first-order valence-electron chi connectivity index (χ1n) is 2.35. The third kappa shape index (κ3) is 17.7. The van der Waals surface area contributed by atoms with E-state index in [0.29, 0.717) is 0 Å². The summed E-state index contributed by atoms with van der Waals surface area (Å²) in [6.07, 6.45) is 6.56. The quantitative estimate of drug-likeness (QED) is 0.645. The molecule has 0 saturated heterocycles.